The lowest BCUT2D eigenvalue weighted by atomic mass is 10.1. The van der Waals surface area contributed by atoms with Crippen molar-refractivity contribution in [2.24, 2.45) is 0 Å². The maximum absolute atomic E-state index is 12.6. The van der Waals surface area contributed by atoms with Crippen molar-refractivity contribution in [2.45, 2.75) is 12.5 Å². The molecule has 3 amide bonds. The Morgan fingerprint density at radius 1 is 1.06 bits per heavy atom. The highest BCUT2D eigenvalue weighted by atomic mass is 32.2. The van der Waals surface area contributed by atoms with E-state index in [0.29, 0.717) is 6.42 Å². The largest absolute Gasteiger partial charge is 0.452 e. The molecule has 2 aliphatic heterocycles. The van der Waals surface area contributed by atoms with Crippen LogP contribution in [-0.2, 0) is 19.4 Å². The van der Waals surface area contributed by atoms with Gasteiger partial charge in [0, 0.05) is 13.1 Å². The zero-order valence-electron chi connectivity index (χ0n) is 17.2. The highest BCUT2D eigenvalue weighted by molar-refractivity contribution is 7.91. The van der Waals surface area contributed by atoms with E-state index in [1.54, 1.807) is 24.3 Å². The Morgan fingerprint density at radius 2 is 1.72 bits per heavy atom. The first-order valence-corrected chi connectivity index (χ1v) is 11.7. The van der Waals surface area contributed by atoms with Gasteiger partial charge in [0.15, 0.2) is 16.4 Å². The van der Waals surface area contributed by atoms with Crippen molar-refractivity contribution in [3.63, 3.8) is 0 Å². The predicted molar refractivity (Wildman–Crippen MR) is 114 cm³/mol. The molecule has 0 radical (unpaired) electrons. The fourth-order valence-corrected chi connectivity index (χ4v) is 5.57. The second-order valence-electron chi connectivity index (χ2n) is 7.68. The number of anilines is 1. The van der Waals surface area contributed by atoms with E-state index in [2.05, 4.69) is 0 Å². The number of sulfone groups is 1. The van der Waals surface area contributed by atoms with Crippen molar-refractivity contribution in [1.29, 1.82) is 0 Å². The van der Waals surface area contributed by atoms with Gasteiger partial charge < -0.3 is 9.64 Å². The van der Waals surface area contributed by atoms with E-state index in [4.69, 9.17) is 4.74 Å². The molecule has 9 nitrogen and oxygen atoms in total. The molecule has 4 rings (SSSR count). The average molecular weight is 456 g/mol. The van der Waals surface area contributed by atoms with Gasteiger partial charge in [-0.1, -0.05) is 18.2 Å². The molecule has 1 unspecified atom stereocenters. The minimum atomic E-state index is -3.15. The minimum absolute atomic E-state index is 0.0275. The molecule has 2 aromatic carbocycles. The van der Waals surface area contributed by atoms with E-state index in [1.165, 1.54) is 36.2 Å². The summed E-state index contributed by atoms with van der Waals surface area (Å²) in [7, 11) is -1.67. The van der Waals surface area contributed by atoms with Gasteiger partial charge in [-0.05, 0) is 36.8 Å². The van der Waals surface area contributed by atoms with Gasteiger partial charge >= 0.3 is 5.97 Å². The molecular weight excluding hydrogens is 436 g/mol. The molecule has 0 N–H and O–H groups in total. The summed E-state index contributed by atoms with van der Waals surface area (Å²) in [5.41, 5.74) is 0.851. The third kappa shape index (κ3) is 4.01. The van der Waals surface area contributed by atoms with E-state index in [-0.39, 0.29) is 33.9 Å². The maximum Gasteiger partial charge on any atom is 0.338 e. The van der Waals surface area contributed by atoms with Gasteiger partial charge in [0.1, 0.15) is 0 Å². The van der Waals surface area contributed by atoms with Gasteiger partial charge in [0.2, 0.25) is 0 Å². The number of benzene rings is 2. The third-order valence-electron chi connectivity index (χ3n) is 5.61. The SMILES string of the molecule is CN(C(=O)COC(=O)c1cccc(N2C(=O)c3ccccc3C2=O)c1)C1CCS(=O)(=O)C1. The lowest BCUT2D eigenvalue weighted by molar-refractivity contribution is -0.134. The standard InChI is InChI=1S/C22H20N2O7S/c1-23(16-9-10-32(29,30)13-16)19(25)12-31-22(28)14-5-4-6-15(11-14)24-20(26)17-7-2-3-8-18(17)21(24)27/h2-8,11,16H,9-10,12-13H2,1H3. The first kappa shape index (κ1) is 21.7. The summed E-state index contributed by atoms with van der Waals surface area (Å²) in [6, 6.07) is 11.8. The van der Waals surface area contributed by atoms with Crippen LogP contribution < -0.4 is 4.90 Å². The number of esters is 1. The van der Waals surface area contributed by atoms with Crippen LogP contribution in [0.1, 0.15) is 37.5 Å². The Labute approximate surface area is 184 Å². The molecule has 0 aliphatic carbocycles. The highest BCUT2D eigenvalue weighted by Gasteiger charge is 2.36. The molecule has 10 heteroatoms. The van der Waals surface area contributed by atoms with Gasteiger partial charge in [-0.2, -0.15) is 0 Å². The zero-order chi connectivity index (χ0) is 23.0. The fraction of sp³-hybridized carbons (Fsp3) is 0.273. The number of carbonyl (C=O) groups is 4. The Bertz CT molecular complexity index is 1200. The van der Waals surface area contributed by atoms with Crippen LogP contribution in [0.25, 0.3) is 0 Å². The highest BCUT2D eigenvalue weighted by Crippen LogP contribution is 2.28. The van der Waals surface area contributed by atoms with Crippen LogP contribution in [0, 0.1) is 0 Å². The molecule has 1 saturated heterocycles. The summed E-state index contributed by atoms with van der Waals surface area (Å²) in [4.78, 5) is 52.4. The topological polar surface area (TPSA) is 118 Å². The Hall–Kier alpha value is -3.53. The van der Waals surface area contributed by atoms with Crippen LogP contribution in [0.15, 0.2) is 48.5 Å². The molecule has 2 heterocycles. The molecule has 0 aromatic heterocycles. The lowest BCUT2D eigenvalue weighted by Gasteiger charge is -2.23. The van der Waals surface area contributed by atoms with E-state index in [9.17, 15) is 27.6 Å². The Morgan fingerprint density at radius 3 is 2.31 bits per heavy atom. The van der Waals surface area contributed by atoms with Gasteiger partial charge in [-0.15, -0.1) is 0 Å². The quantitative estimate of drug-likeness (QED) is 0.491. The van der Waals surface area contributed by atoms with Crippen LogP contribution >= 0.6 is 0 Å². The number of rotatable bonds is 5. The number of amides is 3. The molecule has 0 spiro atoms. The average Bonchev–Trinajstić information content (AvgIpc) is 3.27. The van der Waals surface area contributed by atoms with E-state index < -0.39 is 46.2 Å². The maximum atomic E-state index is 12.6. The normalized spacial score (nSPS) is 19.0. The van der Waals surface area contributed by atoms with Crippen LogP contribution in [0.2, 0.25) is 0 Å². The third-order valence-corrected chi connectivity index (χ3v) is 7.36. The number of likely N-dealkylation sites (N-methyl/N-ethyl adjacent to an activating group) is 1. The van der Waals surface area contributed by atoms with Gasteiger partial charge in [0.25, 0.3) is 17.7 Å². The van der Waals surface area contributed by atoms with Crippen molar-refractivity contribution in [2.75, 3.05) is 30.1 Å². The van der Waals surface area contributed by atoms with Crippen LogP contribution in [0.3, 0.4) is 0 Å². The summed E-state index contributed by atoms with van der Waals surface area (Å²) < 4.78 is 28.3. The van der Waals surface area contributed by atoms with Gasteiger partial charge in [0.05, 0.1) is 33.9 Å². The number of hydrogen-bond acceptors (Lipinski definition) is 7. The van der Waals surface area contributed by atoms with E-state index >= 15 is 0 Å². The zero-order valence-corrected chi connectivity index (χ0v) is 18.0. The molecule has 2 aromatic rings. The van der Waals surface area contributed by atoms with Crippen molar-refractivity contribution < 1.29 is 32.3 Å². The Kier molecular flexibility index (Phi) is 5.55. The molecule has 166 valence electrons. The molecule has 0 saturated carbocycles. The molecule has 0 bridgehead atoms. The molecule has 32 heavy (non-hydrogen) atoms. The lowest BCUT2D eigenvalue weighted by Crippen LogP contribution is -2.40. The van der Waals surface area contributed by atoms with Crippen LogP contribution in [-0.4, -0.2) is 68.2 Å². The number of nitrogens with zero attached hydrogens (tertiary/aromatic N) is 2. The number of fused-ring (bicyclic) bond motifs is 1. The molecule has 1 atom stereocenters. The fourth-order valence-electron chi connectivity index (χ4n) is 3.79. The summed E-state index contributed by atoms with van der Waals surface area (Å²) >= 11 is 0. The van der Waals surface area contributed by atoms with Gasteiger partial charge in [-0.3, -0.25) is 14.4 Å². The predicted octanol–water partition coefficient (Wildman–Crippen LogP) is 1.29. The second-order valence-corrected chi connectivity index (χ2v) is 9.91. The smallest absolute Gasteiger partial charge is 0.338 e. The summed E-state index contributed by atoms with van der Waals surface area (Å²) in [6.45, 7) is -0.552. The number of carbonyl (C=O) groups excluding carboxylic acids is 4. The monoisotopic (exact) mass is 456 g/mol. The van der Waals surface area contributed by atoms with Crippen molar-refractivity contribution in [1.82, 2.24) is 4.90 Å². The summed E-state index contributed by atoms with van der Waals surface area (Å²) in [6.07, 6.45) is 0.348. The number of hydrogen-bond donors (Lipinski definition) is 0. The van der Waals surface area contributed by atoms with Crippen molar-refractivity contribution in [3.8, 4) is 0 Å². The van der Waals surface area contributed by atoms with Crippen molar-refractivity contribution >= 4 is 39.2 Å². The van der Waals surface area contributed by atoms with Crippen LogP contribution in [0.5, 0.6) is 0 Å². The van der Waals surface area contributed by atoms with E-state index in [0.717, 1.165) is 4.90 Å². The first-order valence-electron chi connectivity index (χ1n) is 9.89. The molecular formula is C22H20N2O7S. The summed E-state index contributed by atoms with van der Waals surface area (Å²) in [5.74, 6) is -2.37. The number of imide groups is 1. The van der Waals surface area contributed by atoms with E-state index in [1.807, 2.05) is 0 Å². The summed E-state index contributed by atoms with van der Waals surface area (Å²) in [5, 5.41) is 0. The molecule has 1 fully saturated rings. The minimum Gasteiger partial charge on any atom is -0.452 e. The van der Waals surface area contributed by atoms with Gasteiger partial charge in [-0.25, -0.2) is 18.1 Å². The second kappa shape index (κ2) is 8.19. The number of ether oxygens (including phenoxy) is 1. The Balaban J connectivity index is 1.43. The first-order chi connectivity index (χ1) is 15.2. The van der Waals surface area contributed by atoms with Crippen molar-refractivity contribution in [3.05, 3.63) is 65.2 Å². The molecule has 2 aliphatic rings. The van der Waals surface area contributed by atoms with Crippen LogP contribution in [0.4, 0.5) is 5.69 Å².